The van der Waals surface area contributed by atoms with Crippen LogP contribution in [0.1, 0.15) is 5.56 Å². The van der Waals surface area contributed by atoms with E-state index in [4.69, 9.17) is 10.1 Å². The van der Waals surface area contributed by atoms with Gasteiger partial charge in [0, 0.05) is 7.05 Å². The van der Waals surface area contributed by atoms with Gasteiger partial charge in [-0.3, -0.25) is 5.41 Å². The topological polar surface area (TPSA) is 42.9 Å². The Morgan fingerprint density at radius 2 is 1.77 bits per heavy atom. The molecule has 3 aromatic rings. The van der Waals surface area contributed by atoms with E-state index in [0.717, 1.165) is 16.8 Å². The van der Waals surface area contributed by atoms with Crippen molar-refractivity contribution in [2.75, 3.05) is 6.61 Å². The Balaban J connectivity index is 0.00000176. The number of aryl methyl sites for hydroxylation is 2. The maximum Gasteiger partial charge on any atom is 0.202 e. The lowest BCUT2D eigenvalue weighted by atomic mass is 10.2. The van der Waals surface area contributed by atoms with Gasteiger partial charge in [-0.05, 0) is 36.8 Å². The molecule has 0 aliphatic rings. The molecule has 0 spiro atoms. The van der Waals surface area contributed by atoms with Gasteiger partial charge in [0.15, 0.2) is 0 Å². The first-order chi connectivity index (χ1) is 10.2. The molecule has 0 bridgehead atoms. The van der Waals surface area contributed by atoms with E-state index in [0.29, 0.717) is 18.8 Å². The van der Waals surface area contributed by atoms with Crippen molar-refractivity contribution in [1.29, 1.82) is 5.41 Å². The van der Waals surface area contributed by atoms with Crippen molar-refractivity contribution in [3.8, 4) is 5.75 Å². The number of hydrogen-bond donors (Lipinski definition) is 1. The molecule has 22 heavy (non-hydrogen) atoms. The van der Waals surface area contributed by atoms with E-state index >= 15 is 0 Å². The average molecular weight is 362 g/mol. The number of para-hydroxylation sites is 2. The zero-order valence-electron chi connectivity index (χ0n) is 12.7. The van der Waals surface area contributed by atoms with E-state index in [1.807, 2.05) is 71.6 Å². The Labute approximate surface area is 140 Å². The summed E-state index contributed by atoms with van der Waals surface area (Å²) in [6, 6.07) is 16.1. The van der Waals surface area contributed by atoms with Crippen LogP contribution < -0.4 is 10.4 Å². The lowest BCUT2D eigenvalue weighted by Crippen LogP contribution is -2.24. The summed E-state index contributed by atoms with van der Waals surface area (Å²) in [5, 5.41) is 8.21. The van der Waals surface area contributed by atoms with Crippen molar-refractivity contribution >= 4 is 28.0 Å². The van der Waals surface area contributed by atoms with Gasteiger partial charge in [0.1, 0.15) is 12.4 Å². The summed E-state index contributed by atoms with van der Waals surface area (Å²) >= 11 is 0. The Morgan fingerprint density at radius 3 is 2.50 bits per heavy atom. The molecule has 1 heterocycles. The van der Waals surface area contributed by atoms with Crippen molar-refractivity contribution in [2.24, 2.45) is 7.05 Å². The highest BCUT2D eigenvalue weighted by atomic mass is 79.9. The summed E-state index contributed by atoms with van der Waals surface area (Å²) in [6.07, 6.45) is 0. The molecule has 0 saturated heterocycles. The van der Waals surface area contributed by atoms with Gasteiger partial charge in [0.2, 0.25) is 5.62 Å². The summed E-state index contributed by atoms with van der Waals surface area (Å²) in [7, 11) is 1.92. The van der Waals surface area contributed by atoms with Gasteiger partial charge in [0.25, 0.3) is 0 Å². The van der Waals surface area contributed by atoms with Crippen LogP contribution in [0.4, 0.5) is 0 Å². The van der Waals surface area contributed by atoms with Gasteiger partial charge in [-0.1, -0.05) is 24.3 Å². The Kier molecular flexibility index (Phi) is 5.08. The molecule has 0 amide bonds. The van der Waals surface area contributed by atoms with Crippen molar-refractivity contribution < 1.29 is 4.74 Å². The number of hydrogen-bond acceptors (Lipinski definition) is 2. The van der Waals surface area contributed by atoms with Crippen LogP contribution in [0.5, 0.6) is 5.75 Å². The van der Waals surface area contributed by atoms with E-state index in [1.54, 1.807) is 0 Å². The number of aromatic nitrogens is 2. The fourth-order valence-corrected chi connectivity index (χ4v) is 2.57. The van der Waals surface area contributed by atoms with E-state index in [9.17, 15) is 0 Å². The monoisotopic (exact) mass is 361 g/mol. The molecular formula is C17H20BrN3O. The Hall–Kier alpha value is -2.01. The standard InChI is InChI=1S/C17H19N3O.BrH/c1-13-6-5-7-14(12-13)21-11-10-20-16-9-4-3-8-15(16)19(2)17(20)18;/h3-9,12,18H,10-11H2,1-2H3;1H. The first-order valence-corrected chi connectivity index (χ1v) is 7.05. The summed E-state index contributed by atoms with van der Waals surface area (Å²) in [5.74, 6) is 0.877. The molecule has 1 N–H and O–H groups in total. The fourth-order valence-electron chi connectivity index (χ4n) is 2.57. The molecule has 4 nitrogen and oxygen atoms in total. The van der Waals surface area contributed by atoms with Gasteiger partial charge >= 0.3 is 0 Å². The van der Waals surface area contributed by atoms with Gasteiger partial charge in [-0.2, -0.15) is 0 Å². The molecular weight excluding hydrogens is 342 g/mol. The summed E-state index contributed by atoms with van der Waals surface area (Å²) in [6.45, 7) is 3.26. The molecule has 0 fully saturated rings. The second-order valence-corrected chi connectivity index (χ2v) is 5.19. The maximum absolute atomic E-state index is 8.21. The first kappa shape index (κ1) is 16.4. The number of fused-ring (bicyclic) bond motifs is 1. The largest absolute Gasteiger partial charge is 0.492 e. The molecule has 0 aliphatic carbocycles. The van der Waals surface area contributed by atoms with Crippen LogP contribution in [0.2, 0.25) is 0 Å². The Bertz CT molecular complexity index is 835. The van der Waals surface area contributed by atoms with Gasteiger partial charge in [-0.15, -0.1) is 17.0 Å². The number of benzene rings is 2. The third kappa shape index (κ3) is 3.09. The molecule has 0 saturated carbocycles. The number of imidazole rings is 1. The molecule has 1 aromatic heterocycles. The third-order valence-electron chi connectivity index (χ3n) is 3.68. The van der Waals surface area contributed by atoms with Crippen LogP contribution in [0.25, 0.3) is 11.0 Å². The van der Waals surface area contributed by atoms with Gasteiger partial charge < -0.3 is 13.9 Å². The predicted molar refractivity (Wildman–Crippen MR) is 93.8 cm³/mol. The summed E-state index contributed by atoms with van der Waals surface area (Å²) in [4.78, 5) is 0. The van der Waals surface area contributed by atoms with E-state index < -0.39 is 0 Å². The van der Waals surface area contributed by atoms with Crippen molar-refractivity contribution in [3.05, 3.63) is 59.7 Å². The van der Waals surface area contributed by atoms with Crippen molar-refractivity contribution in [1.82, 2.24) is 9.13 Å². The summed E-state index contributed by atoms with van der Waals surface area (Å²) < 4.78 is 9.66. The molecule has 2 aromatic carbocycles. The van der Waals surface area contributed by atoms with Crippen molar-refractivity contribution in [2.45, 2.75) is 13.5 Å². The van der Waals surface area contributed by atoms with E-state index in [-0.39, 0.29) is 17.0 Å². The van der Waals surface area contributed by atoms with E-state index in [1.165, 1.54) is 5.56 Å². The minimum Gasteiger partial charge on any atom is -0.492 e. The Morgan fingerprint density at radius 1 is 1.05 bits per heavy atom. The quantitative estimate of drug-likeness (QED) is 0.759. The van der Waals surface area contributed by atoms with Gasteiger partial charge in [0.05, 0.1) is 17.6 Å². The lowest BCUT2D eigenvalue weighted by molar-refractivity contribution is 0.296. The van der Waals surface area contributed by atoms with Gasteiger partial charge in [-0.25, -0.2) is 0 Å². The zero-order chi connectivity index (χ0) is 14.8. The van der Waals surface area contributed by atoms with Crippen LogP contribution >= 0.6 is 17.0 Å². The highest BCUT2D eigenvalue weighted by molar-refractivity contribution is 8.93. The second kappa shape index (κ2) is 6.83. The third-order valence-corrected chi connectivity index (χ3v) is 3.68. The van der Waals surface area contributed by atoms with Crippen LogP contribution in [0.15, 0.2) is 48.5 Å². The smallest absolute Gasteiger partial charge is 0.202 e. The SMILES string of the molecule is Br.Cc1cccc(OCCn2c(=N)n(C)c3ccccc32)c1. The molecule has 0 unspecified atom stereocenters. The lowest BCUT2D eigenvalue weighted by Gasteiger charge is -2.08. The van der Waals surface area contributed by atoms with Crippen molar-refractivity contribution in [3.63, 3.8) is 0 Å². The normalized spacial score (nSPS) is 10.5. The molecule has 0 radical (unpaired) electrons. The molecule has 5 heteroatoms. The molecule has 3 rings (SSSR count). The minimum atomic E-state index is 0. The number of nitrogens with zero attached hydrogens (tertiary/aromatic N) is 2. The second-order valence-electron chi connectivity index (χ2n) is 5.19. The zero-order valence-corrected chi connectivity index (χ0v) is 14.5. The first-order valence-electron chi connectivity index (χ1n) is 7.05. The van der Waals surface area contributed by atoms with Crippen LogP contribution in [-0.4, -0.2) is 15.7 Å². The highest BCUT2D eigenvalue weighted by Crippen LogP contribution is 2.14. The average Bonchev–Trinajstić information content (AvgIpc) is 2.73. The van der Waals surface area contributed by atoms with Crippen LogP contribution in [0, 0.1) is 12.3 Å². The minimum absolute atomic E-state index is 0. The van der Waals surface area contributed by atoms with Crippen LogP contribution in [-0.2, 0) is 13.6 Å². The molecule has 0 aliphatic heterocycles. The molecule has 0 atom stereocenters. The molecule has 116 valence electrons. The number of rotatable bonds is 4. The fraction of sp³-hybridized carbons (Fsp3) is 0.235. The number of ether oxygens (including phenoxy) is 1. The maximum atomic E-state index is 8.21. The van der Waals surface area contributed by atoms with Crippen LogP contribution in [0.3, 0.4) is 0 Å². The predicted octanol–water partition coefficient (Wildman–Crippen LogP) is 3.42. The number of nitrogens with one attached hydrogen (secondary N) is 1. The van der Waals surface area contributed by atoms with E-state index in [2.05, 4.69) is 0 Å². The summed E-state index contributed by atoms with van der Waals surface area (Å²) in [5.41, 5.74) is 3.81. The number of halogens is 1. The highest BCUT2D eigenvalue weighted by Gasteiger charge is 2.07.